The van der Waals surface area contributed by atoms with Gasteiger partial charge in [0, 0.05) is 37.0 Å². The van der Waals surface area contributed by atoms with Crippen LogP contribution in [0.4, 0.5) is 0 Å². The van der Waals surface area contributed by atoms with Gasteiger partial charge in [0.1, 0.15) is 5.75 Å². The Morgan fingerprint density at radius 1 is 1.03 bits per heavy atom. The maximum absolute atomic E-state index is 12.3. The number of aromatic hydroxyl groups is 1. The molecule has 1 heterocycles. The highest BCUT2D eigenvalue weighted by Gasteiger charge is 2.36. The first-order chi connectivity index (χ1) is 15.7. The molecule has 2 aromatic rings. The molecule has 0 aromatic heterocycles. The number of nitrogens with one attached hydrogen (secondary N) is 2. The molecular formula is C27H33N3O2. The van der Waals surface area contributed by atoms with E-state index in [0.717, 1.165) is 43.8 Å². The number of phenolic OH excluding ortho intramolecular Hbond substituents is 1. The third-order valence-corrected chi connectivity index (χ3v) is 7.60. The van der Waals surface area contributed by atoms with Crippen LogP contribution in [0.15, 0.2) is 53.5 Å². The van der Waals surface area contributed by atoms with Crippen molar-refractivity contribution in [2.24, 2.45) is 16.8 Å². The lowest BCUT2D eigenvalue weighted by Gasteiger charge is -2.28. The average Bonchev–Trinajstić information content (AvgIpc) is 3.26. The van der Waals surface area contributed by atoms with Crippen molar-refractivity contribution in [1.29, 1.82) is 0 Å². The Bertz CT molecular complexity index is 980. The molecule has 5 heteroatoms. The molecule has 0 unspecified atom stereocenters. The topological polar surface area (TPSA) is 73.7 Å². The molecule has 1 amide bonds. The van der Waals surface area contributed by atoms with Gasteiger partial charge in [-0.05, 0) is 85.8 Å². The van der Waals surface area contributed by atoms with Crippen molar-refractivity contribution in [3.05, 3.63) is 65.2 Å². The van der Waals surface area contributed by atoms with Crippen molar-refractivity contribution < 1.29 is 9.90 Å². The van der Waals surface area contributed by atoms with Gasteiger partial charge in [-0.1, -0.05) is 24.3 Å². The predicted molar refractivity (Wildman–Crippen MR) is 127 cm³/mol. The highest BCUT2D eigenvalue weighted by Crippen LogP contribution is 2.39. The molecule has 0 radical (unpaired) electrons. The Morgan fingerprint density at radius 2 is 1.81 bits per heavy atom. The maximum atomic E-state index is 12.3. The van der Waals surface area contributed by atoms with Crippen LogP contribution in [0.2, 0.25) is 0 Å². The zero-order valence-electron chi connectivity index (χ0n) is 18.6. The van der Waals surface area contributed by atoms with Crippen LogP contribution in [0.25, 0.3) is 0 Å². The number of amidine groups is 1. The molecule has 168 valence electrons. The Hall–Kier alpha value is -2.82. The zero-order valence-corrected chi connectivity index (χ0v) is 18.6. The number of carbonyl (C=O) groups excluding carboxylic acids is 1. The van der Waals surface area contributed by atoms with Gasteiger partial charge in [-0.2, -0.15) is 0 Å². The maximum Gasteiger partial charge on any atom is 0.251 e. The van der Waals surface area contributed by atoms with Crippen LogP contribution in [0.5, 0.6) is 5.75 Å². The molecule has 5 nitrogen and oxygen atoms in total. The minimum Gasteiger partial charge on any atom is -0.508 e. The lowest BCUT2D eigenvalue weighted by Crippen LogP contribution is -2.32. The van der Waals surface area contributed by atoms with E-state index in [4.69, 9.17) is 4.99 Å². The van der Waals surface area contributed by atoms with Crippen molar-refractivity contribution in [3.63, 3.8) is 0 Å². The van der Waals surface area contributed by atoms with Gasteiger partial charge in [0.05, 0.1) is 5.84 Å². The summed E-state index contributed by atoms with van der Waals surface area (Å²) in [4.78, 5) is 17.2. The molecule has 0 spiro atoms. The van der Waals surface area contributed by atoms with E-state index < -0.39 is 0 Å². The number of hydrogen-bond donors (Lipinski definition) is 3. The number of hydrogen-bond acceptors (Lipinski definition) is 3. The van der Waals surface area contributed by atoms with E-state index in [9.17, 15) is 9.90 Å². The number of amides is 1. The smallest absolute Gasteiger partial charge is 0.251 e. The summed E-state index contributed by atoms with van der Waals surface area (Å²) >= 11 is 0. The third-order valence-electron chi connectivity index (χ3n) is 7.60. The molecule has 3 N–H and O–H groups in total. The molecule has 5 rings (SSSR count). The largest absolute Gasteiger partial charge is 0.508 e. The number of benzene rings is 2. The minimum atomic E-state index is 0.0321. The monoisotopic (exact) mass is 431 g/mol. The highest BCUT2D eigenvalue weighted by atomic mass is 16.3. The summed E-state index contributed by atoms with van der Waals surface area (Å²) in [6.45, 7) is 1.68. The fourth-order valence-electron chi connectivity index (χ4n) is 5.70. The van der Waals surface area contributed by atoms with Gasteiger partial charge in [-0.3, -0.25) is 9.79 Å². The quantitative estimate of drug-likeness (QED) is 0.656. The van der Waals surface area contributed by atoms with Crippen molar-refractivity contribution in [2.45, 2.75) is 56.9 Å². The number of nitrogens with zero attached hydrogens (tertiary/aromatic N) is 1. The molecule has 2 aliphatic carbocycles. The van der Waals surface area contributed by atoms with E-state index in [0.29, 0.717) is 29.5 Å². The van der Waals surface area contributed by atoms with Gasteiger partial charge in [-0.25, -0.2) is 0 Å². The van der Waals surface area contributed by atoms with E-state index in [1.165, 1.54) is 36.8 Å². The number of carbonyl (C=O) groups is 1. The second kappa shape index (κ2) is 9.35. The fraction of sp³-hybridized carbons (Fsp3) is 0.481. The number of rotatable bonds is 5. The molecular weight excluding hydrogens is 398 g/mol. The van der Waals surface area contributed by atoms with Gasteiger partial charge in [-0.15, -0.1) is 0 Å². The molecule has 2 atom stereocenters. The molecule has 2 aromatic carbocycles. The first-order valence-electron chi connectivity index (χ1n) is 12.1. The van der Waals surface area contributed by atoms with Crippen LogP contribution in [-0.2, 0) is 6.42 Å². The fourth-order valence-corrected chi connectivity index (χ4v) is 5.70. The van der Waals surface area contributed by atoms with Crippen LogP contribution in [0.3, 0.4) is 0 Å². The SMILES string of the molecule is O=C(NCC1CCC(CN=C2C[C@H]3c4ccc(O)cc4CC[C@H]3N2)CC1)c1ccccc1. The van der Waals surface area contributed by atoms with Gasteiger partial charge >= 0.3 is 0 Å². The summed E-state index contributed by atoms with van der Waals surface area (Å²) in [6.07, 6.45) is 7.84. The first kappa shape index (κ1) is 21.0. The van der Waals surface area contributed by atoms with Crippen molar-refractivity contribution >= 4 is 11.7 Å². The van der Waals surface area contributed by atoms with Crippen molar-refractivity contribution in [2.75, 3.05) is 13.1 Å². The average molecular weight is 432 g/mol. The van der Waals surface area contributed by atoms with E-state index in [-0.39, 0.29) is 5.91 Å². The number of phenols is 1. The lowest BCUT2D eigenvalue weighted by molar-refractivity contribution is 0.0941. The van der Waals surface area contributed by atoms with E-state index in [1.807, 2.05) is 42.5 Å². The standard InChI is InChI=1S/C27H33N3O2/c31-22-11-12-23-21(14-22)10-13-25-24(23)15-26(30-25)28-16-18-6-8-19(9-7-18)17-29-27(32)20-4-2-1-3-5-20/h1-5,11-12,14,18-19,24-25,31H,6-10,13,15-17H2,(H,28,30)(H,29,32)/t18?,19?,24-,25+/m0/s1. The Labute approximate surface area is 190 Å². The van der Waals surface area contributed by atoms with Gasteiger partial charge < -0.3 is 15.7 Å². The van der Waals surface area contributed by atoms with Gasteiger partial charge in [0.2, 0.25) is 0 Å². The van der Waals surface area contributed by atoms with Crippen LogP contribution in [0.1, 0.15) is 65.9 Å². The molecule has 3 aliphatic rings. The number of aryl methyl sites for hydroxylation is 1. The molecule has 1 saturated heterocycles. The third kappa shape index (κ3) is 4.67. The number of aliphatic imine (C=N–C) groups is 1. The van der Waals surface area contributed by atoms with E-state index >= 15 is 0 Å². The number of fused-ring (bicyclic) bond motifs is 3. The normalized spacial score (nSPS) is 27.9. The van der Waals surface area contributed by atoms with Crippen LogP contribution in [-0.4, -0.2) is 36.0 Å². The molecule has 2 fully saturated rings. The Balaban J connectivity index is 1.08. The summed E-state index contributed by atoms with van der Waals surface area (Å²) < 4.78 is 0. The predicted octanol–water partition coefficient (Wildman–Crippen LogP) is 4.42. The van der Waals surface area contributed by atoms with Crippen molar-refractivity contribution in [3.8, 4) is 5.75 Å². The summed E-state index contributed by atoms with van der Waals surface area (Å²) in [7, 11) is 0. The first-order valence-corrected chi connectivity index (χ1v) is 12.1. The highest BCUT2D eigenvalue weighted by molar-refractivity contribution is 5.94. The molecule has 0 bridgehead atoms. The Kier molecular flexibility index (Phi) is 6.15. The zero-order chi connectivity index (χ0) is 21.9. The second-order valence-corrected chi connectivity index (χ2v) is 9.73. The molecule has 1 saturated carbocycles. The van der Waals surface area contributed by atoms with Crippen molar-refractivity contribution in [1.82, 2.24) is 10.6 Å². The minimum absolute atomic E-state index is 0.0321. The lowest BCUT2D eigenvalue weighted by atomic mass is 9.80. The molecule has 1 aliphatic heterocycles. The Morgan fingerprint density at radius 3 is 2.62 bits per heavy atom. The summed E-state index contributed by atoms with van der Waals surface area (Å²) in [5, 5.41) is 16.6. The summed E-state index contributed by atoms with van der Waals surface area (Å²) in [5.74, 6) is 3.28. The molecule has 32 heavy (non-hydrogen) atoms. The van der Waals surface area contributed by atoms with Gasteiger partial charge in [0.25, 0.3) is 5.91 Å². The van der Waals surface area contributed by atoms with E-state index in [2.05, 4.69) is 16.7 Å². The summed E-state index contributed by atoms with van der Waals surface area (Å²) in [6, 6.07) is 15.8. The van der Waals surface area contributed by atoms with Crippen LogP contribution >= 0.6 is 0 Å². The van der Waals surface area contributed by atoms with E-state index in [1.54, 1.807) is 0 Å². The van der Waals surface area contributed by atoms with Crippen LogP contribution in [0, 0.1) is 11.8 Å². The van der Waals surface area contributed by atoms with Crippen LogP contribution < -0.4 is 10.6 Å². The summed E-state index contributed by atoms with van der Waals surface area (Å²) in [5.41, 5.74) is 3.42. The second-order valence-electron chi connectivity index (χ2n) is 9.73. The van der Waals surface area contributed by atoms with Gasteiger partial charge in [0.15, 0.2) is 0 Å².